The molecule has 0 aliphatic rings. The van der Waals surface area contributed by atoms with Gasteiger partial charge < -0.3 is 15.0 Å². The van der Waals surface area contributed by atoms with Crippen molar-refractivity contribution in [3.8, 4) is 0 Å². The van der Waals surface area contributed by atoms with Crippen molar-refractivity contribution in [3.05, 3.63) is 36.3 Å². The molecule has 0 saturated heterocycles. The van der Waals surface area contributed by atoms with Crippen LogP contribution in [0.25, 0.3) is 5.65 Å². The van der Waals surface area contributed by atoms with E-state index in [2.05, 4.69) is 18.8 Å². The number of amides is 1. The zero-order valence-corrected chi connectivity index (χ0v) is 15.4. The second-order valence-electron chi connectivity index (χ2n) is 5.89. The van der Waals surface area contributed by atoms with Crippen molar-refractivity contribution in [2.24, 2.45) is 11.7 Å². The Morgan fingerprint density at radius 2 is 2.04 bits per heavy atom. The van der Waals surface area contributed by atoms with Crippen LogP contribution in [0.5, 0.6) is 0 Å². The van der Waals surface area contributed by atoms with Crippen molar-refractivity contribution >= 4 is 36.4 Å². The summed E-state index contributed by atoms with van der Waals surface area (Å²) in [6.45, 7) is 4.89. The van der Waals surface area contributed by atoms with Crippen LogP contribution in [0.4, 0.5) is 0 Å². The number of likely N-dealkylation sites (N-methyl/N-ethyl adjacent to an activating group) is 1. The van der Waals surface area contributed by atoms with E-state index in [-0.39, 0.29) is 36.8 Å². The largest absolute Gasteiger partial charge is 0.345 e. The third-order valence-corrected chi connectivity index (χ3v) is 3.83. The fraction of sp³-hybridized carbons (Fsp3) is 0.500. The number of pyridine rings is 1. The second-order valence-corrected chi connectivity index (χ2v) is 5.89. The molecule has 2 aromatic heterocycles. The zero-order chi connectivity index (χ0) is 15.4. The fourth-order valence-electron chi connectivity index (χ4n) is 2.16. The maximum absolute atomic E-state index is 12.2. The lowest BCUT2D eigenvalue weighted by Crippen LogP contribution is -2.35. The minimum atomic E-state index is 0. The second kappa shape index (κ2) is 9.75. The summed E-state index contributed by atoms with van der Waals surface area (Å²) in [7, 11) is 1.82. The van der Waals surface area contributed by atoms with E-state index in [9.17, 15) is 4.79 Å². The summed E-state index contributed by atoms with van der Waals surface area (Å²) in [5.41, 5.74) is 7.68. The van der Waals surface area contributed by atoms with Gasteiger partial charge in [-0.15, -0.1) is 24.8 Å². The number of carbonyl (C=O) groups excluding carboxylic acids is 1. The van der Waals surface area contributed by atoms with Crippen molar-refractivity contribution in [2.75, 3.05) is 13.6 Å². The molecule has 130 valence electrons. The molecule has 1 atom stereocenters. The lowest BCUT2D eigenvalue weighted by Gasteiger charge is -2.21. The number of nitrogens with two attached hydrogens (primary N) is 1. The van der Waals surface area contributed by atoms with Crippen LogP contribution in [0.15, 0.2) is 30.6 Å². The van der Waals surface area contributed by atoms with E-state index < -0.39 is 0 Å². The van der Waals surface area contributed by atoms with Gasteiger partial charge in [-0.2, -0.15) is 0 Å². The molecule has 2 N–H and O–H groups in total. The molecule has 0 aliphatic carbocycles. The molecule has 0 bridgehead atoms. The van der Waals surface area contributed by atoms with Crippen LogP contribution in [0.1, 0.15) is 26.0 Å². The molecule has 0 spiro atoms. The Hall–Kier alpha value is -1.30. The molecule has 2 rings (SSSR count). The number of aromatic nitrogens is 2. The number of rotatable bonds is 6. The maximum Gasteiger partial charge on any atom is 0.228 e. The van der Waals surface area contributed by atoms with Gasteiger partial charge >= 0.3 is 0 Å². The average molecular weight is 361 g/mol. The molecule has 2 heterocycles. The lowest BCUT2D eigenvalue weighted by atomic mass is 10.0. The highest BCUT2D eigenvalue weighted by Gasteiger charge is 2.14. The van der Waals surface area contributed by atoms with E-state index in [0.29, 0.717) is 18.9 Å². The summed E-state index contributed by atoms with van der Waals surface area (Å²) in [6.07, 6.45) is 4.99. The van der Waals surface area contributed by atoms with Crippen molar-refractivity contribution in [1.82, 2.24) is 14.3 Å². The van der Waals surface area contributed by atoms with E-state index >= 15 is 0 Å². The first-order valence-corrected chi connectivity index (χ1v) is 7.39. The summed E-state index contributed by atoms with van der Waals surface area (Å²) < 4.78 is 1.93. The molecule has 23 heavy (non-hydrogen) atoms. The molecule has 7 heteroatoms. The molecular weight excluding hydrogens is 335 g/mol. The Morgan fingerprint density at radius 1 is 1.35 bits per heavy atom. The highest BCUT2D eigenvalue weighted by molar-refractivity contribution is 5.85. The number of halogens is 2. The van der Waals surface area contributed by atoms with Crippen LogP contribution in [0, 0.1) is 5.92 Å². The van der Waals surface area contributed by atoms with Gasteiger partial charge in [0, 0.05) is 32.0 Å². The number of fused-ring (bicyclic) bond motifs is 1. The smallest absolute Gasteiger partial charge is 0.228 e. The minimum absolute atomic E-state index is 0. The topological polar surface area (TPSA) is 63.6 Å². The van der Waals surface area contributed by atoms with Gasteiger partial charge in [-0.3, -0.25) is 4.79 Å². The summed E-state index contributed by atoms with van der Waals surface area (Å²) in [4.78, 5) is 18.4. The Morgan fingerprint density at radius 3 is 2.65 bits per heavy atom. The molecule has 1 amide bonds. The molecule has 0 saturated carbocycles. The van der Waals surface area contributed by atoms with Gasteiger partial charge in [-0.05, 0) is 24.5 Å². The number of nitrogens with zero attached hydrogens (tertiary/aromatic N) is 3. The molecule has 2 aromatic rings. The molecular formula is C16H26Cl2N4O. The Labute approximate surface area is 150 Å². The normalized spacial score (nSPS) is 11.7. The first-order chi connectivity index (χ1) is 9.97. The predicted octanol–water partition coefficient (Wildman–Crippen LogP) is 2.55. The number of carbonyl (C=O) groups is 1. The molecule has 0 radical (unpaired) electrons. The Bertz CT molecular complexity index is 582. The Kier molecular flexibility index (Phi) is 9.20. The van der Waals surface area contributed by atoms with Gasteiger partial charge in [0.2, 0.25) is 5.91 Å². The summed E-state index contributed by atoms with van der Waals surface area (Å²) in [6, 6.07) is 5.95. The van der Waals surface area contributed by atoms with Gasteiger partial charge in [0.05, 0.1) is 12.1 Å². The van der Waals surface area contributed by atoms with Crippen molar-refractivity contribution in [2.45, 2.75) is 32.7 Å². The van der Waals surface area contributed by atoms with Crippen LogP contribution >= 0.6 is 24.8 Å². The monoisotopic (exact) mass is 360 g/mol. The summed E-state index contributed by atoms with van der Waals surface area (Å²) in [5.74, 6) is 0.515. The van der Waals surface area contributed by atoms with Crippen LogP contribution in [0.3, 0.4) is 0 Å². The van der Waals surface area contributed by atoms with E-state index in [0.717, 1.165) is 17.8 Å². The standard InChI is InChI=1S/C16H24N4O.2ClH/c1-12(2)14(17)7-9-19(3)16(21)10-13-11-20-8-5-4-6-15(20)18-13;;/h4-6,8,11-12,14H,7,9-10,17H2,1-3H3;2*1H. The Balaban J connectivity index is 0.00000242. The van der Waals surface area contributed by atoms with Crippen molar-refractivity contribution in [3.63, 3.8) is 0 Å². The average Bonchev–Trinajstić information content (AvgIpc) is 2.86. The van der Waals surface area contributed by atoms with Crippen molar-refractivity contribution < 1.29 is 4.79 Å². The van der Waals surface area contributed by atoms with Gasteiger partial charge in [-0.25, -0.2) is 4.98 Å². The van der Waals surface area contributed by atoms with Crippen LogP contribution in [-0.4, -0.2) is 39.8 Å². The van der Waals surface area contributed by atoms with Gasteiger partial charge in [0.15, 0.2) is 0 Å². The summed E-state index contributed by atoms with van der Waals surface area (Å²) in [5, 5.41) is 0. The minimum Gasteiger partial charge on any atom is -0.345 e. The number of hydrogen-bond acceptors (Lipinski definition) is 3. The molecule has 0 aliphatic heterocycles. The SMILES string of the molecule is CC(C)C(N)CCN(C)C(=O)Cc1cn2ccccc2n1.Cl.Cl. The van der Waals surface area contributed by atoms with E-state index in [1.54, 1.807) is 4.90 Å². The van der Waals surface area contributed by atoms with Crippen LogP contribution < -0.4 is 5.73 Å². The quantitative estimate of drug-likeness (QED) is 0.860. The fourth-order valence-corrected chi connectivity index (χ4v) is 2.16. The number of hydrogen-bond donors (Lipinski definition) is 1. The maximum atomic E-state index is 12.2. The molecule has 5 nitrogen and oxygen atoms in total. The molecule has 0 fully saturated rings. The van der Waals surface area contributed by atoms with E-state index in [1.165, 1.54) is 0 Å². The van der Waals surface area contributed by atoms with Gasteiger partial charge in [0.1, 0.15) is 5.65 Å². The van der Waals surface area contributed by atoms with E-state index in [1.807, 2.05) is 42.0 Å². The highest BCUT2D eigenvalue weighted by atomic mass is 35.5. The first-order valence-electron chi connectivity index (χ1n) is 7.39. The third kappa shape index (κ3) is 6.01. The predicted molar refractivity (Wildman–Crippen MR) is 98.5 cm³/mol. The van der Waals surface area contributed by atoms with E-state index in [4.69, 9.17) is 5.73 Å². The van der Waals surface area contributed by atoms with Gasteiger partial charge in [0.25, 0.3) is 0 Å². The molecule has 1 unspecified atom stereocenters. The van der Waals surface area contributed by atoms with Crippen LogP contribution in [-0.2, 0) is 11.2 Å². The van der Waals surface area contributed by atoms with Crippen LogP contribution in [0.2, 0.25) is 0 Å². The number of imidazole rings is 1. The first kappa shape index (κ1) is 21.7. The van der Waals surface area contributed by atoms with Gasteiger partial charge in [-0.1, -0.05) is 19.9 Å². The zero-order valence-electron chi connectivity index (χ0n) is 13.8. The highest BCUT2D eigenvalue weighted by Crippen LogP contribution is 2.08. The van der Waals surface area contributed by atoms with Crippen molar-refractivity contribution in [1.29, 1.82) is 0 Å². The summed E-state index contributed by atoms with van der Waals surface area (Å²) >= 11 is 0. The third-order valence-electron chi connectivity index (χ3n) is 3.83. The molecule has 0 aromatic carbocycles. The lowest BCUT2D eigenvalue weighted by molar-refractivity contribution is -0.129.